The SMILES string of the molecule is COc1cc(C(=O)Nc2nnc(CN3C(=O)c4ccccc4C3=O)s2)c([N+](=O)[O-])cc1OC. The predicted octanol–water partition coefficient (Wildman–Crippen LogP) is 2.51. The average molecular weight is 469 g/mol. The van der Waals surface area contributed by atoms with E-state index in [-0.39, 0.29) is 28.7 Å². The smallest absolute Gasteiger partial charge is 0.286 e. The summed E-state index contributed by atoms with van der Waals surface area (Å²) in [6.07, 6.45) is 0. The van der Waals surface area contributed by atoms with E-state index in [2.05, 4.69) is 15.5 Å². The van der Waals surface area contributed by atoms with Crippen molar-refractivity contribution in [1.82, 2.24) is 15.1 Å². The Balaban J connectivity index is 1.53. The number of nitrogens with one attached hydrogen (secondary N) is 1. The molecule has 3 amide bonds. The van der Waals surface area contributed by atoms with E-state index in [0.29, 0.717) is 16.1 Å². The fourth-order valence-corrected chi connectivity index (χ4v) is 3.98. The van der Waals surface area contributed by atoms with Gasteiger partial charge in [0, 0.05) is 6.07 Å². The summed E-state index contributed by atoms with van der Waals surface area (Å²) in [4.78, 5) is 49.5. The van der Waals surface area contributed by atoms with Crippen LogP contribution in [0, 0.1) is 10.1 Å². The first kappa shape index (κ1) is 21.8. The van der Waals surface area contributed by atoms with Crippen molar-refractivity contribution in [2.45, 2.75) is 6.54 Å². The number of aromatic nitrogens is 2. The van der Waals surface area contributed by atoms with Crippen molar-refractivity contribution in [3.63, 3.8) is 0 Å². The lowest BCUT2D eigenvalue weighted by Crippen LogP contribution is -2.29. The highest BCUT2D eigenvalue weighted by molar-refractivity contribution is 7.15. The van der Waals surface area contributed by atoms with E-state index >= 15 is 0 Å². The van der Waals surface area contributed by atoms with Crippen LogP contribution in [0.15, 0.2) is 36.4 Å². The van der Waals surface area contributed by atoms with E-state index in [9.17, 15) is 24.5 Å². The number of nitro benzene ring substituents is 1. The molecule has 0 unspecified atom stereocenters. The number of benzene rings is 2. The first-order chi connectivity index (χ1) is 15.8. The minimum atomic E-state index is -0.814. The molecule has 0 saturated carbocycles. The molecule has 0 radical (unpaired) electrons. The van der Waals surface area contributed by atoms with Crippen molar-refractivity contribution >= 4 is 39.9 Å². The topological polar surface area (TPSA) is 154 Å². The number of rotatable bonds is 7. The first-order valence-corrected chi connectivity index (χ1v) is 10.1. The van der Waals surface area contributed by atoms with Gasteiger partial charge in [-0.1, -0.05) is 23.5 Å². The Morgan fingerprint density at radius 3 is 2.27 bits per heavy atom. The molecule has 33 heavy (non-hydrogen) atoms. The van der Waals surface area contributed by atoms with Crippen LogP contribution in [-0.2, 0) is 6.54 Å². The third-order valence-corrected chi connectivity index (χ3v) is 5.63. The summed E-state index contributed by atoms with van der Waals surface area (Å²) in [5, 5.41) is 21.9. The van der Waals surface area contributed by atoms with Crippen LogP contribution in [0.4, 0.5) is 10.8 Å². The molecule has 0 fully saturated rings. The molecule has 0 bridgehead atoms. The Bertz CT molecular complexity index is 1270. The van der Waals surface area contributed by atoms with Crippen molar-refractivity contribution in [3.8, 4) is 11.5 Å². The molecule has 4 rings (SSSR count). The molecular weight excluding hydrogens is 454 g/mol. The van der Waals surface area contributed by atoms with Gasteiger partial charge in [0.05, 0.1) is 42.9 Å². The van der Waals surface area contributed by atoms with Crippen molar-refractivity contribution in [1.29, 1.82) is 0 Å². The summed E-state index contributed by atoms with van der Waals surface area (Å²) < 4.78 is 10.2. The lowest BCUT2D eigenvalue weighted by molar-refractivity contribution is -0.385. The van der Waals surface area contributed by atoms with Gasteiger partial charge in [0.15, 0.2) is 11.5 Å². The van der Waals surface area contributed by atoms with Crippen LogP contribution in [0.25, 0.3) is 0 Å². The second kappa shape index (κ2) is 8.63. The maximum atomic E-state index is 12.7. The molecule has 0 aliphatic carbocycles. The van der Waals surface area contributed by atoms with Crippen molar-refractivity contribution in [3.05, 3.63) is 68.2 Å². The van der Waals surface area contributed by atoms with Crippen LogP contribution < -0.4 is 14.8 Å². The van der Waals surface area contributed by atoms with Crippen LogP contribution in [0.2, 0.25) is 0 Å². The Hall–Kier alpha value is -4.39. The number of carbonyl (C=O) groups excluding carboxylic acids is 3. The van der Waals surface area contributed by atoms with E-state index in [1.807, 2.05) is 0 Å². The van der Waals surface area contributed by atoms with Crippen molar-refractivity contribution in [2.75, 3.05) is 19.5 Å². The Morgan fingerprint density at radius 2 is 1.70 bits per heavy atom. The van der Waals surface area contributed by atoms with Gasteiger partial charge < -0.3 is 9.47 Å². The molecule has 0 spiro atoms. The first-order valence-electron chi connectivity index (χ1n) is 9.33. The van der Waals surface area contributed by atoms with Crippen molar-refractivity contribution < 1.29 is 28.8 Å². The lowest BCUT2D eigenvalue weighted by atomic mass is 10.1. The molecule has 3 aromatic rings. The summed E-state index contributed by atoms with van der Waals surface area (Å²) in [5.74, 6) is -1.47. The second-order valence-electron chi connectivity index (χ2n) is 6.68. The van der Waals surface area contributed by atoms with Crippen LogP contribution in [0.1, 0.15) is 36.1 Å². The highest BCUT2D eigenvalue weighted by atomic mass is 32.1. The summed E-state index contributed by atoms with van der Waals surface area (Å²) in [7, 11) is 2.65. The summed E-state index contributed by atoms with van der Waals surface area (Å²) in [6.45, 7) is -0.129. The molecule has 168 valence electrons. The third kappa shape index (κ3) is 3.96. The quantitative estimate of drug-likeness (QED) is 0.312. The number of anilines is 1. The van der Waals surface area contributed by atoms with Gasteiger partial charge in [-0.25, -0.2) is 0 Å². The average Bonchev–Trinajstić information content (AvgIpc) is 3.36. The molecule has 1 N–H and O–H groups in total. The van der Waals surface area contributed by atoms with Crippen molar-refractivity contribution in [2.24, 2.45) is 0 Å². The zero-order valence-electron chi connectivity index (χ0n) is 17.2. The number of nitrogens with zero attached hydrogens (tertiary/aromatic N) is 4. The van der Waals surface area contributed by atoms with Gasteiger partial charge in [-0.15, -0.1) is 10.2 Å². The minimum Gasteiger partial charge on any atom is -0.493 e. The monoisotopic (exact) mass is 469 g/mol. The summed E-state index contributed by atoms with van der Waals surface area (Å²) in [5.41, 5.74) is -0.140. The van der Waals surface area contributed by atoms with Crippen LogP contribution >= 0.6 is 11.3 Å². The van der Waals surface area contributed by atoms with Crippen LogP contribution in [-0.4, -0.2) is 52.0 Å². The van der Waals surface area contributed by atoms with Gasteiger partial charge >= 0.3 is 0 Å². The van der Waals surface area contributed by atoms with E-state index in [0.717, 1.165) is 22.3 Å². The highest BCUT2D eigenvalue weighted by Crippen LogP contribution is 2.35. The number of imide groups is 1. The Kier molecular flexibility index (Phi) is 5.70. The van der Waals surface area contributed by atoms with E-state index < -0.39 is 28.3 Å². The second-order valence-corrected chi connectivity index (χ2v) is 7.74. The molecule has 12 nitrogen and oxygen atoms in total. The van der Waals surface area contributed by atoms with Gasteiger partial charge in [-0.2, -0.15) is 0 Å². The fourth-order valence-electron chi connectivity index (χ4n) is 3.25. The van der Waals surface area contributed by atoms with Gasteiger partial charge in [0.2, 0.25) is 5.13 Å². The molecule has 1 aromatic heterocycles. The number of methoxy groups -OCH3 is 2. The predicted molar refractivity (Wildman–Crippen MR) is 115 cm³/mol. The molecule has 13 heteroatoms. The molecule has 2 heterocycles. The number of carbonyl (C=O) groups is 3. The number of ether oxygens (including phenoxy) is 2. The Labute approximate surface area is 189 Å². The minimum absolute atomic E-state index is 0.0377. The maximum Gasteiger partial charge on any atom is 0.286 e. The van der Waals surface area contributed by atoms with Gasteiger partial charge in [0.25, 0.3) is 23.4 Å². The standard InChI is InChI=1S/C20H15N5O7S/c1-31-14-7-12(13(25(29)30)8-15(14)32-2)17(26)21-20-23-22-16(33-20)9-24-18(27)10-5-3-4-6-11(10)19(24)28/h3-8H,9H2,1-2H3,(H,21,23,26). The molecule has 1 aliphatic rings. The lowest BCUT2D eigenvalue weighted by Gasteiger charge is -2.11. The van der Waals surface area contributed by atoms with Crippen LogP contribution in [0.5, 0.6) is 11.5 Å². The fraction of sp³-hybridized carbons (Fsp3) is 0.150. The highest BCUT2D eigenvalue weighted by Gasteiger charge is 2.35. The normalized spacial score (nSPS) is 12.5. The van der Waals surface area contributed by atoms with Gasteiger partial charge in [-0.05, 0) is 12.1 Å². The number of nitro groups is 1. The Morgan fingerprint density at radius 1 is 1.09 bits per heavy atom. The largest absolute Gasteiger partial charge is 0.493 e. The number of amides is 3. The molecule has 1 aliphatic heterocycles. The molecule has 2 aromatic carbocycles. The van der Waals surface area contributed by atoms with Gasteiger partial charge in [-0.3, -0.25) is 34.7 Å². The third-order valence-electron chi connectivity index (χ3n) is 4.80. The number of fused-ring (bicyclic) bond motifs is 1. The van der Waals surface area contributed by atoms with E-state index in [1.54, 1.807) is 24.3 Å². The summed E-state index contributed by atoms with van der Waals surface area (Å²) in [6, 6.07) is 8.74. The maximum absolute atomic E-state index is 12.7. The molecule has 0 saturated heterocycles. The molecular formula is C20H15N5O7S. The number of hydrogen-bond donors (Lipinski definition) is 1. The van der Waals surface area contributed by atoms with E-state index in [1.165, 1.54) is 20.3 Å². The van der Waals surface area contributed by atoms with E-state index in [4.69, 9.17) is 9.47 Å². The van der Waals surface area contributed by atoms with Crippen LogP contribution in [0.3, 0.4) is 0 Å². The zero-order chi connectivity index (χ0) is 23.7. The summed E-state index contributed by atoms with van der Waals surface area (Å²) >= 11 is 0.931. The van der Waals surface area contributed by atoms with Gasteiger partial charge in [0.1, 0.15) is 10.6 Å². The zero-order valence-corrected chi connectivity index (χ0v) is 18.0. The number of hydrogen-bond acceptors (Lipinski definition) is 10. The molecule has 0 atom stereocenters.